The van der Waals surface area contributed by atoms with Crippen LogP contribution in [0.15, 0.2) is 18.2 Å². The molecule has 0 aliphatic heterocycles. The van der Waals surface area contributed by atoms with Crippen LogP contribution in [-0.4, -0.2) is 24.0 Å². The third kappa shape index (κ3) is 3.92. The number of carbonyl (C=O) groups is 1. The van der Waals surface area contributed by atoms with Crippen LogP contribution in [0.1, 0.15) is 19.8 Å². The molecular weight excluding hydrogens is 250 g/mol. The van der Waals surface area contributed by atoms with Crippen LogP contribution < -0.4 is 15.8 Å². The van der Waals surface area contributed by atoms with E-state index in [1.807, 2.05) is 6.92 Å². The van der Waals surface area contributed by atoms with E-state index < -0.39 is 11.0 Å². The van der Waals surface area contributed by atoms with Crippen molar-refractivity contribution in [2.24, 2.45) is 5.73 Å². The summed E-state index contributed by atoms with van der Waals surface area (Å²) in [5.41, 5.74) is 5.80. The Kier molecular flexibility index (Phi) is 5.25. The molecule has 1 aromatic carbocycles. The zero-order valence-corrected chi connectivity index (χ0v) is 10.9. The number of nitro groups is 1. The highest BCUT2D eigenvalue weighted by Gasteiger charge is 2.17. The van der Waals surface area contributed by atoms with Gasteiger partial charge in [-0.2, -0.15) is 0 Å². The number of non-ortho nitro benzene ring substituents is 1. The number of ether oxygens (including phenoxy) is 1. The van der Waals surface area contributed by atoms with Crippen LogP contribution >= 0.6 is 0 Å². The number of methoxy groups -OCH3 is 1. The molecule has 1 amide bonds. The average molecular weight is 267 g/mol. The van der Waals surface area contributed by atoms with E-state index in [4.69, 9.17) is 10.5 Å². The fraction of sp³-hybridized carbons (Fsp3) is 0.417. The van der Waals surface area contributed by atoms with Crippen molar-refractivity contribution in [1.82, 2.24) is 0 Å². The Morgan fingerprint density at radius 3 is 2.79 bits per heavy atom. The lowest BCUT2D eigenvalue weighted by molar-refractivity contribution is -0.384. The first kappa shape index (κ1) is 14.9. The van der Waals surface area contributed by atoms with Gasteiger partial charge in [0.1, 0.15) is 5.75 Å². The maximum Gasteiger partial charge on any atom is 0.271 e. The fourth-order valence-electron chi connectivity index (χ4n) is 1.57. The van der Waals surface area contributed by atoms with E-state index in [1.54, 1.807) is 0 Å². The number of rotatable bonds is 6. The maximum atomic E-state index is 11.8. The van der Waals surface area contributed by atoms with Gasteiger partial charge in [0, 0.05) is 12.1 Å². The van der Waals surface area contributed by atoms with Crippen LogP contribution in [0.3, 0.4) is 0 Å². The number of nitrogens with zero attached hydrogens (tertiary/aromatic N) is 1. The molecule has 1 atom stereocenters. The van der Waals surface area contributed by atoms with Gasteiger partial charge in [-0.15, -0.1) is 0 Å². The van der Waals surface area contributed by atoms with E-state index in [9.17, 15) is 14.9 Å². The third-order valence-electron chi connectivity index (χ3n) is 2.59. The van der Waals surface area contributed by atoms with Crippen molar-refractivity contribution in [3.63, 3.8) is 0 Å². The number of nitro benzene ring substituents is 1. The van der Waals surface area contributed by atoms with Crippen molar-refractivity contribution < 1.29 is 14.5 Å². The topological polar surface area (TPSA) is 107 Å². The SMILES string of the molecule is CCCC(N)C(=O)Nc1cc([N+](=O)[O-])ccc1OC. The normalized spacial score (nSPS) is 11.7. The molecule has 1 unspecified atom stereocenters. The van der Waals surface area contributed by atoms with Crippen molar-refractivity contribution in [2.45, 2.75) is 25.8 Å². The van der Waals surface area contributed by atoms with E-state index in [-0.39, 0.29) is 17.3 Å². The lowest BCUT2D eigenvalue weighted by atomic mass is 10.1. The summed E-state index contributed by atoms with van der Waals surface area (Å²) in [4.78, 5) is 22.0. The fourth-order valence-corrected chi connectivity index (χ4v) is 1.57. The van der Waals surface area contributed by atoms with E-state index in [2.05, 4.69) is 5.32 Å². The van der Waals surface area contributed by atoms with E-state index in [0.29, 0.717) is 12.2 Å². The third-order valence-corrected chi connectivity index (χ3v) is 2.59. The van der Waals surface area contributed by atoms with Gasteiger partial charge in [0.05, 0.1) is 23.8 Å². The lowest BCUT2D eigenvalue weighted by Gasteiger charge is -2.13. The second-order valence-electron chi connectivity index (χ2n) is 4.03. The number of amides is 1. The predicted molar refractivity (Wildman–Crippen MR) is 71.2 cm³/mol. The number of nitrogens with one attached hydrogen (secondary N) is 1. The second-order valence-corrected chi connectivity index (χ2v) is 4.03. The largest absolute Gasteiger partial charge is 0.495 e. The van der Waals surface area contributed by atoms with Crippen LogP contribution in [0.25, 0.3) is 0 Å². The highest BCUT2D eigenvalue weighted by Crippen LogP contribution is 2.28. The summed E-state index contributed by atoms with van der Waals surface area (Å²) < 4.78 is 5.04. The van der Waals surface area contributed by atoms with E-state index in [1.165, 1.54) is 25.3 Å². The quantitative estimate of drug-likeness (QED) is 0.602. The standard InChI is InChI=1S/C12H17N3O4/c1-3-4-9(13)12(16)14-10-7-8(15(17)18)5-6-11(10)19-2/h5-7,9H,3-4,13H2,1-2H3,(H,14,16). The first-order chi connectivity index (χ1) is 8.99. The van der Waals surface area contributed by atoms with Crippen molar-refractivity contribution in [2.75, 3.05) is 12.4 Å². The average Bonchev–Trinajstić information content (AvgIpc) is 2.38. The van der Waals surface area contributed by atoms with Gasteiger partial charge < -0.3 is 15.8 Å². The maximum absolute atomic E-state index is 11.8. The highest BCUT2D eigenvalue weighted by atomic mass is 16.6. The Labute approximate surface area is 110 Å². The number of nitrogens with two attached hydrogens (primary N) is 1. The van der Waals surface area contributed by atoms with E-state index in [0.717, 1.165) is 6.42 Å². The number of hydrogen-bond acceptors (Lipinski definition) is 5. The van der Waals surface area contributed by atoms with Crippen molar-refractivity contribution >= 4 is 17.3 Å². The van der Waals surface area contributed by atoms with Gasteiger partial charge >= 0.3 is 0 Å². The molecule has 0 aliphatic rings. The molecule has 0 radical (unpaired) electrons. The Balaban J connectivity index is 2.94. The van der Waals surface area contributed by atoms with Crippen molar-refractivity contribution in [3.8, 4) is 5.75 Å². The summed E-state index contributed by atoms with van der Waals surface area (Å²) in [7, 11) is 1.42. The van der Waals surface area contributed by atoms with Gasteiger partial charge in [-0.25, -0.2) is 0 Å². The molecule has 0 saturated carbocycles. The van der Waals surface area contributed by atoms with Crippen LogP contribution in [0.5, 0.6) is 5.75 Å². The van der Waals surface area contributed by atoms with Gasteiger partial charge in [-0.3, -0.25) is 14.9 Å². The summed E-state index contributed by atoms with van der Waals surface area (Å²) in [5.74, 6) is -0.0386. The van der Waals surface area contributed by atoms with Gasteiger partial charge in [-0.1, -0.05) is 13.3 Å². The summed E-state index contributed by atoms with van der Waals surface area (Å²) in [6.45, 7) is 1.92. The Bertz CT molecular complexity index is 476. The Hall–Kier alpha value is -2.15. The number of carbonyl (C=O) groups excluding carboxylic acids is 1. The predicted octanol–water partition coefficient (Wildman–Crippen LogP) is 1.67. The summed E-state index contributed by atoms with van der Waals surface area (Å²) in [6, 6.07) is 3.34. The first-order valence-electron chi connectivity index (χ1n) is 5.88. The van der Waals surface area contributed by atoms with Gasteiger partial charge in [0.2, 0.25) is 5.91 Å². The molecule has 1 aromatic rings. The molecule has 0 aliphatic carbocycles. The molecule has 0 saturated heterocycles. The number of hydrogen-bond donors (Lipinski definition) is 2. The molecule has 7 heteroatoms. The van der Waals surface area contributed by atoms with Gasteiger partial charge in [0.25, 0.3) is 5.69 Å². The minimum Gasteiger partial charge on any atom is -0.495 e. The molecule has 0 fully saturated rings. The van der Waals surface area contributed by atoms with Gasteiger partial charge in [-0.05, 0) is 12.5 Å². The smallest absolute Gasteiger partial charge is 0.271 e. The highest BCUT2D eigenvalue weighted by molar-refractivity contribution is 5.96. The molecule has 1 rings (SSSR count). The number of anilines is 1. The molecule has 0 bridgehead atoms. The van der Waals surface area contributed by atoms with E-state index >= 15 is 0 Å². The Morgan fingerprint density at radius 1 is 1.58 bits per heavy atom. The second kappa shape index (κ2) is 6.69. The summed E-state index contributed by atoms with van der Waals surface area (Å²) in [6.07, 6.45) is 1.32. The molecule has 7 nitrogen and oxygen atoms in total. The number of benzene rings is 1. The zero-order valence-electron chi connectivity index (χ0n) is 10.9. The molecule has 0 aromatic heterocycles. The van der Waals surface area contributed by atoms with Crippen molar-refractivity contribution in [1.29, 1.82) is 0 Å². The molecule has 0 spiro atoms. The van der Waals surface area contributed by atoms with Crippen LogP contribution in [0, 0.1) is 10.1 Å². The Morgan fingerprint density at radius 2 is 2.26 bits per heavy atom. The molecule has 0 heterocycles. The zero-order chi connectivity index (χ0) is 14.4. The summed E-state index contributed by atoms with van der Waals surface area (Å²) in [5, 5.41) is 13.3. The minimum absolute atomic E-state index is 0.125. The van der Waals surface area contributed by atoms with Gasteiger partial charge in [0.15, 0.2) is 0 Å². The van der Waals surface area contributed by atoms with Crippen molar-refractivity contribution in [3.05, 3.63) is 28.3 Å². The minimum atomic E-state index is -0.644. The monoisotopic (exact) mass is 267 g/mol. The van der Waals surface area contributed by atoms with Crippen LogP contribution in [0.2, 0.25) is 0 Å². The summed E-state index contributed by atoms with van der Waals surface area (Å²) >= 11 is 0. The lowest BCUT2D eigenvalue weighted by Crippen LogP contribution is -2.35. The molecule has 3 N–H and O–H groups in total. The molecular formula is C12H17N3O4. The van der Waals surface area contributed by atoms with Crippen LogP contribution in [-0.2, 0) is 4.79 Å². The molecule has 104 valence electrons. The first-order valence-corrected chi connectivity index (χ1v) is 5.88. The van der Waals surface area contributed by atoms with Crippen LogP contribution in [0.4, 0.5) is 11.4 Å². The molecule has 19 heavy (non-hydrogen) atoms.